The van der Waals surface area contributed by atoms with Crippen molar-refractivity contribution >= 4 is 148 Å². The van der Waals surface area contributed by atoms with Gasteiger partial charge in [-0.2, -0.15) is 23.5 Å². The fraction of sp³-hybridized carbons (Fsp3) is 0.645. The summed E-state index contributed by atoms with van der Waals surface area (Å²) in [5.41, 5.74) is 58.7. The molecule has 37 N–H and O–H groups in total. The van der Waals surface area contributed by atoms with Gasteiger partial charge in [0, 0.05) is 101 Å². The minimum atomic E-state index is -1.48. The molecule has 52 heteroatoms. The van der Waals surface area contributed by atoms with Gasteiger partial charge in [-0.1, -0.05) is 104 Å². The third kappa shape index (κ3) is 60.5. The highest BCUT2D eigenvalue weighted by atomic mass is 32.2. The number of hydrogen-bond donors (Lipinski definition) is 28. The number of carboxylic acids is 1. The minimum Gasteiger partial charge on any atom is -0.508 e. The van der Waals surface area contributed by atoms with Crippen molar-refractivity contribution in [3.05, 3.63) is 65.7 Å². The number of phenols is 1. The number of aldehydes is 1. The van der Waals surface area contributed by atoms with E-state index in [-0.39, 0.29) is 194 Å². The van der Waals surface area contributed by atoms with E-state index in [1.54, 1.807) is 101 Å². The van der Waals surface area contributed by atoms with Crippen LogP contribution in [-0.2, 0) is 99.1 Å². The number of guanidine groups is 3. The van der Waals surface area contributed by atoms with Crippen LogP contribution in [0.4, 0.5) is 0 Å². The van der Waals surface area contributed by atoms with Gasteiger partial charge in [0.05, 0.1) is 19.1 Å². The second-order valence-electron chi connectivity index (χ2n) is 35.1. The molecule has 1 aliphatic heterocycles. The monoisotopic (exact) mass is 2080 g/mol. The summed E-state index contributed by atoms with van der Waals surface area (Å²) in [6.45, 7) is 16.5. The maximum atomic E-state index is 15.1. The van der Waals surface area contributed by atoms with Gasteiger partial charge in [-0.25, -0.2) is 21.5 Å². The number of rotatable bonds is 70. The summed E-state index contributed by atoms with van der Waals surface area (Å²) in [6.07, 6.45) is 5.27. The molecule has 1 heterocycles. The highest BCUT2D eigenvalue weighted by Gasteiger charge is 2.42. The number of carbonyl (C=O) groups is 18. The first-order valence-electron chi connectivity index (χ1n) is 49.0. The lowest BCUT2D eigenvalue weighted by Gasteiger charge is -2.32. The molecule has 1 fully saturated rings. The second-order valence-corrected chi connectivity index (χ2v) is 37.6. The van der Waals surface area contributed by atoms with E-state index in [0.29, 0.717) is 95.0 Å². The molecule has 145 heavy (non-hydrogen) atoms. The molecule has 2 aromatic carbocycles. The zero-order chi connectivity index (χ0) is 109. The summed E-state index contributed by atoms with van der Waals surface area (Å²) in [7, 11) is 0. The predicted octanol–water partition coefficient (Wildman–Crippen LogP) is -4.62. The zero-order valence-corrected chi connectivity index (χ0v) is 86.7. The lowest BCUT2D eigenvalue weighted by molar-refractivity contribution is -0.143. The fourth-order valence-electron chi connectivity index (χ4n) is 14.0. The Morgan fingerprint density at radius 2 is 0.910 bits per heavy atom. The number of nitrogens with zero attached hydrogens (tertiary/aromatic N) is 4. The van der Waals surface area contributed by atoms with Crippen molar-refractivity contribution in [1.29, 1.82) is 0 Å². The minimum absolute atomic E-state index is 0.00575. The zero-order valence-electron chi connectivity index (χ0n) is 85.1. The molecule has 0 radical (unpaired) electrons. The van der Waals surface area contributed by atoms with Gasteiger partial charge in [0.2, 0.25) is 94.5 Å². The molecular formula is C93H162N30O20S2. The van der Waals surface area contributed by atoms with Gasteiger partial charge in [-0.3, -0.25) is 108 Å². The Bertz CT molecular complexity index is 4380. The molecule has 0 saturated carbocycles. The molecule has 0 spiro atoms. The van der Waals surface area contributed by atoms with Crippen molar-refractivity contribution in [2.45, 2.75) is 276 Å². The Labute approximate surface area is 857 Å². The van der Waals surface area contributed by atoms with E-state index in [9.17, 15) is 91.7 Å². The Morgan fingerprint density at radius 3 is 1.37 bits per heavy atom. The van der Waals surface area contributed by atoms with Gasteiger partial charge in [-0.15, -0.1) is 0 Å². The third-order valence-electron chi connectivity index (χ3n) is 21.9. The summed E-state index contributed by atoms with van der Waals surface area (Å²) < 4.78 is 0. The highest BCUT2D eigenvalue weighted by Crippen LogP contribution is 2.23. The number of benzene rings is 2. The number of carboxylic acid groups (broad SMARTS) is 1. The lowest BCUT2D eigenvalue weighted by Crippen LogP contribution is -2.61. The number of aromatic hydroxyl groups is 1. The van der Waals surface area contributed by atoms with Crippen molar-refractivity contribution in [1.82, 2.24) is 95.8 Å². The smallest absolute Gasteiger partial charge is 0.326 e. The fourth-order valence-corrected chi connectivity index (χ4v) is 15.6. The van der Waals surface area contributed by atoms with Crippen molar-refractivity contribution in [2.75, 3.05) is 88.5 Å². The van der Waals surface area contributed by atoms with Crippen LogP contribution in [0.2, 0.25) is 0 Å². The van der Waals surface area contributed by atoms with E-state index in [0.717, 1.165) is 22.8 Å². The summed E-state index contributed by atoms with van der Waals surface area (Å²) in [5.74, 6) is -4.31. The second kappa shape index (κ2) is 76.8. The number of hydrogen-bond acceptors (Lipinski definition) is 29. The van der Waals surface area contributed by atoms with E-state index in [1.807, 2.05) is 20.8 Å². The van der Waals surface area contributed by atoms with Crippen LogP contribution in [0.25, 0.3) is 0 Å². The molecule has 0 aliphatic carbocycles. The van der Waals surface area contributed by atoms with E-state index < -0.39 is 150 Å². The van der Waals surface area contributed by atoms with E-state index >= 15 is 4.79 Å². The van der Waals surface area contributed by atoms with Crippen molar-refractivity contribution in [3.8, 4) is 5.75 Å². The first-order chi connectivity index (χ1) is 69.0. The SMILES string of the molecule is CCC(=O)NCCSCCC(=O)NN.CCC(=O)NCCSCCC(=O)NNC(C)=O.CC[C@H](C)[C@H](NC(=O)[C@H](CCCN=C(N)N)NC(=O)[C@H](CCCN=C(N)N)NC(=O)[C@H](CC(C)C)NC(=O)[C@H](Cc1ccccc1)NC(=O)CNC(=O)CNN[C@H](C=O)Cc1ccc(O)cc1)C(=O)N[C@@H](CCCN=C(N)N)C(=O)N1CCC[C@H]1C(=O)N[C@@H](CCCCN)C(=O)N[C@@H](CC(C)C)C(=O)N[C@@H](CCCCN)C(=O)O. The van der Waals surface area contributed by atoms with Crippen LogP contribution in [0.15, 0.2) is 69.6 Å². The largest absolute Gasteiger partial charge is 0.508 e. The van der Waals surface area contributed by atoms with E-state index in [4.69, 9.17) is 51.7 Å². The van der Waals surface area contributed by atoms with Crippen LogP contribution in [0.1, 0.15) is 208 Å². The van der Waals surface area contributed by atoms with Gasteiger partial charge in [0.1, 0.15) is 72.5 Å². The predicted molar refractivity (Wildman–Crippen MR) is 554 cm³/mol. The topological polar surface area (TPSA) is 827 Å². The number of aliphatic imine (C=N–C) groups is 3. The number of hydrazine groups is 3. The van der Waals surface area contributed by atoms with E-state index in [1.165, 1.54) is 24.0 Å². The molecule has 3 rings (SSSR count). The number of thioether (sulfide) groups is 2. The van der Waals surface area contributed by atoms with Gasteiger partial charge in [-0.05, 0) is 163 Å². The lowest BCUT2D eigenvalue weighted by atomic mass is 9.96. The molecule has 0 aromatic heterocycles. The molecule has 1 aliphatic rings. The van der Waals surface area contributed by atoms with Crippen LogP contribution in [-0.4, -0.2) is 295 Å². The number of unbranched alkanes of at least 4 members (excludes halogenated alkanes) is 2. The Hall–Kier alpha value is -12.8. The molecule has 16 amide bonds. The Balaban J connectivity index is 0.00000288. The number of amides is 16. The van der Waals surface area contributed by atoms with Gasteiger partial charge in [0.15, 0.2) is 17.9 Å². The van der Waals surface area contributed by atoms with Crippen LogP contribution in [0.3, 0.4) is 0 Å². The van der Waals surface area contributed by atoms with Crippen LogP contribution >= 0.6 is 23.5 Å². The Morgan fingerprint density at radius 1 is 0.469 bits per heavy atom. The van der Waals surface area contributed by atoms with Crippen molar-refractivity contribution in [2.24, 2.45) is 84.4 Å². The first-order valence-corrected chi connectivity index (χ1v) is 51.4. The van der Waals surface area contributed by atoms with Crippen molar-refractivity contribution < 1.29 is 96.5 Å². The molecule has 2 aromatic rings. The number of phenolic OH excluding ortho intramolecular Hbond substituents is 1. The summed E-state index contributed by atoms with van der Waals surface area (Å²) in [5, 5.41) is 52.0. The number of nitrogens with two attached hydrogens (primary N) is 9. The average molecular weight is 2080 g/mol. The number of carbonyl (C=O) groups excluding carboxylic acids is 17. The highest BCUT2D eigenvalue weighted by molar-refractivity contribution is 7.99. The van der Waals surface area contributed by atoms with Crippen LogP contribution in [0.5, 0.6) is 5.75 Å². The first kappa shape index (κ1) is 130. The summed E-state index contributed by atoms with van der Waals surface area (Å²) >= 11 is 3.20. The Kier molecular flexibility index (Phi) is 69.0. The van der Waals surface area contributed by atoms with Crippen LogP contribution in [0, 0.1) is 17.8 Å². The molecule has 1 saturated heterocycles. The van der Waals surface area contributed by atoms with Crippen LogP contribution < -0.4 is 143 Å². The summed E-state index contributed by atoms with van der Waals surface area (Å²) in [4.78, 5) is 250. The number of aliphatic carboxylic acids is 1. The number of likely N-dealkylation sites (tertiary alicyclic amines) is 1. The quantitative estimate of drug-likeness (QED) is 0.00563. The standard InChI is InChI=1S/C75H126N24O15.C10H19N3O3S.C8H17N3O2S/c1-7-46(6)62(70(111)93-54(25-17-35-86-75(82)83)71(112)99-36-18-26-59(99)69(110)92-51(21-11-13-31-76)64(105)95-57(38-45(4)5)67(108)94-55(72(113)114)22-12-14-32-77)97-65(106)53(24-16-34-85-74(80)81)90-63(104)52(23-15-33-84-73(78)79)91-66(107)56(37-44(2)3)96-68(109)58(40-47-19-9-8-10-20-47)89-61(103)41-87-60(102)42-88-98-49(43-100)39-48-27-29-50(101)30-28-48;1-3-9(15)11-5-7-17-6-4-10(16)13-12-8(2)14;1-2-7(12)10-4-6-14-5-3-8(13)11-9/h8-10,19-20,27-30,43-46,49,51-59,62,88,98,101H,7,11-18,21-26,31-42,76-77H2,1-6H3,(H,87,102)(H,89,103)(H,90,104)(H,91,107)(H,92,110)(H,93,111)(H,94,108)(H,95,105)(H,96,109)(H,97,106)(H,113,114)(H4,78,79,84)(H4,80,81,85)(H4,82,83,86);3-7H2,1-2H3,(H,11,15)(H,12,14)(H,13,16);2-6,9H2,1H3,(H,10,12)(H,11,13)/t46-,49-,51-,52-,53-,54-,55-,56-,57-,58-,59-,62-;;/m0../s1. The van der Waals surface area contributed by atoms with Crippen molar-refractivity contribution in [3.63, 3.8) is 0 Å². The third-order valence-corrected chi connectivity index (χ3v) is 23.9. The molecule has 50 nitrogen and oxygen atoms in total. The van der Waals surface area contributed by atoms with Gasteiger partial charge in [0.25, 0.3) is 0 Å². The maximum absolute atomic E-state index is 15.1. The summed E-state index contributed by atoms with van der Waals surface area (Å²) in [6, 6.07) is 0.809. The van der Waals surface area contributed by atoms with Gasteiger partial charge >= 0.3 is 5.97 Å². The molecule has 12 atom stereocenters. The van der Waals surface area contributed by atoms with Gasteiger partial charge < -0.3 is 130 Å². The average Bonchev–Trinajstić information content (AvgIpc) is 1.72. The molecular weight excluding hydrogens is 1920 g/mol. The normalized spacial score (nSPS) is 14.1. The maximum Gasteiger partial charge on any atom is 0.326 e. The number of nitrogens with one attached hydrogen (secondary N) is 17. The van der Waals surface area contributed by atoms with E-state index in [2.05, 4.69) is 106 Å². The molecule has 0 unspecified atom stereocenters. The molecule has 816 valence electrons. The molecule has 0 bridgehead atoms.